The first-order valence-electron chi connectivity index (χ1n) is 9.83. The first kappa shape index (κ1) is 18.5. The van der Waals surface area contributed by atoms with Crippen molar-refractivity contribution in [3.8, 4) is 0 Å². The lowest BCUT2D eigenvalue weighted by molar-refractivity contribution is 0.0628. The van der Waals surface area contributed by atoms with Crippen LogP contribution in [0.3, 0.4) is 0 Å². The average molecular weight is 378 g/mol. The Kier molecular flexibility index (Phi) is 5.30. The Bertz CT molecular complexity index is 857. The minimum Gasteiger partial charge on any atom is -0.336 e. The number of aryl methyl sites for hydroxylation is 1. The Hall–Kier alpha value is -2.86. The molecule has 28 heavy (non-hydrogen) atoms. The van der Waals surface area contributed by atoms with E-state index in [-0.39, 0.29) is 11.9 Å². The fourth-order valence-corrected chi connectivity index (χ4v) is 3.86. The molecule has 0 atom stereocenters. The van der Waals surface area contributed by atoms with Crippen LogP contribution in [0.15, 0.2) is 48.5 Å². The van der Waals surface area contributed by atoms with E-state index >= 15 is 0 Å². The maximum atomic E-state index is 12.8. The number of anilines is 1. The van der Waals surface area contributed by atoms with E-state index in [1.165, 1.54) is 11.1 Å². The minimum atomic E-state index is -0.0798. The van der Waals surface area contributed by atoms with Gasteiger partial charge >= 0.3 is 6.03 Å². The van der Waals surface area contributed by atoms with Gasteiger partial charge in [-0.25, -0.2) is 4.79 Å². The number of carbonyl (C=O) groups excluding carboxylic acids is 2. The molecule has 2 aromatic rings. The van der Waals surface area contributed by atoms with Crippen molar-refractivity contribution in [1.82, 2.24) is 15.1 Å². The Balaban J connectivity index is 1.33. The Morgan fingerprint density at radius 2 is 1.75 bits per heavy atom. The highest BCUT2D eigenvalue weighted by Gasteiger charge is 2.24. The molecule has 3 amide bonds. The molecule has 0 aliphatic carbocycles. The molecular weight excluding hydrogens is 352 g/mol. The molecule has 146 valence electrons. The van der Waals surface area contributed by atoms with Gasteiger partial charge in [0.15, 0.2) is 0 Å². The highest BCUT2D eigenvalue weighted by atomic mass is 16.2. The van der Waals surface area contributed by atoms with E-state index in [9.17, 15) is 9.59 Å². The van der Waals surface area contributed by atoms with Crippen molar-refractivity contribution in [1.29, 1.82) is 0 Å². The third-order valence-corrected chi connectivity index (χ3v) is 5.43. The summed E-state index contributed by atoms with van der Waals surface area (Å²) in [5.41, 5.74) is 4.10. The van der Waals surface area contributed by atoms with Crippen LogP contribution in [0.2, 0.25) is 0 Å². The molecular formula is C22H26N4O2. The number of piperazine rings is 1. The molecule has 6 heteroatoms. The van der Waals surface area contributed by atoms with Gasteiger partial charge in [0.05, 0.1) is 0 Å². The number of carbonyl (C=O) groups is 2. The molecule has 2 saturated heterocycles. The van der Waals surface area contributed by atoms with Gasteiger partial charge in [0.1, 0.15) is 0 Å². The number of rotatable bonds is 4. The molecule has 4 rings (SSSR count). The molecule has 2 fully saturated rings. The lowest BCUT2D eigenvalue weighted by Gasteiger charge is -2.35. The van der Waals surface area contributed by atoms with Gasteiger partial charge in [-0.3, -0.25) is 14.6 Å². The van der Waals surface area contributed by atoms with Crippen LogP contribution in [-0.4, -0.2) is 61.0 Å². The Morgan fingerprint density at radius 3 is 2.39 bits per heavy atom. The van der Waals surface area contributed by atoms with E-state index in [0.29, 0.717) is 18.7 Å². The summed E-state index contributed by atoms with van der Waals surface area (Å²) in [7, 11) is 0. The van der Waals surface area contributed by atoms with Crippen molar-refractivity contribution in [3.05, 3.63) is 65.2 Å². The van der Waals surface area contributed by atoms with E-state index in [1.54, 1.807) is 4.90 Å². The van der Waals surface area contributed by atoms with Crippen LogP contribution in [0.4, 0.5) is 10.5 Å². The van der Waals surface area contributed by atoms with Gasteiger partial charge < -0.3 is 10.2 Å². The van der Waals surface area contributed by atoms with Crippen LogP contribution in [0.5, 0.6) is 0 Å². The predicted molar refractivity (Wildman–Crippen MR) is 110 cm³/mol. The zero-order chi connectivity index (χ0) is 19.5. The summed E-state index contributed by atoms with van der Waals surface area (Å²) in [5.74, 6) is 0.0626. The van der Waals surface area contributed by atoms with E-state index in [0.717, 1.165) is 38.4 Å². The van der Waals surface area contributed by atoms with E-state index < -0.39 is 0 Å². The van der Waals surface area contributed by atoms with Gasteiger partial charge in [0.25, 0.3) is 5.91 Å². The van der Waals surface area contributed by atoms with Crippen molar-refractivity contribution in [2.75, 3.05) is 44.2 Å². The molecule has 0 aromatic heterocycles. The minimum absolute atomic E-state index is 0.0626. The maximum absolute atomic E-state index is 12.8. The first-order chi connectivity index (χ1) is 13.6. The summed E-state index contributed by atoms with van der Waals surface area (Å²) < 4.78 is 0. The molecule has 0 saturated carbocycles. The molecule has 2 heterocycles. The lowest BCUT2D eigenvalue weighted by atomic mass is 10.1. The number of hydrogen-bond acceptors (Lipinski definition) is 3. The fraction of sp³-hybridized carbons (Fsp3) is 0.364. The molecule has 2 aliphatic heterocycles. The number of hydrogen-bond donors (Lipinski definition) is 1. The van der Waals surface area contributed by atoms with E-state index in [1.807, 2.05) is 29.2 Å². The van der Waals surface area contributed by atoms with Crippen LogP contribution < -0.4 is 10.2 Å². The number of amides is 3. The second-order valence-electron chi connectivity index (χ2n) is 7.49. The highest BCUT2D eigenvalue weighted by molar-refractivity contribution is 5.97. The predicted octanol–water partition coefficient (Wildman–Crippen LogP) is 2.48. The lowest BCUT2D eigenvalue weighted by Crippen LogP contribution is -2.48. The van der Waals surface area contributed by atoms with Crippen molar-refractivity contribution >= 4 is 17.6 Å². The smallest absolute Gasteiger partial charge is 0.321 e. The standard InChI is InChI=1S/C22H26N4O2/c1-17-3-2-4-18(15-17)16-24-11-13-25(14-12-24)21(27)19-5-7-20(8-6-19)26-10-9-23-22(26)28/h2-8,15H,9-14,16H2,1H3,(H,23,28). The van der Waals surface area contributed by atoms with Gasteiger partial charge in [-0.2, -0.15) is 0 Å². The summed E-state index contributed by atoms with van der Waals surface area (Å²) in [6.45, 7) is 7.60. The summed E-state index contributed by atoms with van der Waals surface area (Å²) in [4.78, 5) is 30.6. The van der Waals surface area contributed by atoms with Gasteiger partial charge in [-0.15, -0.1) is 0 Å². The largest absolute Gasteiger partial charge is 0.336 e. The Morgan fingerprint density at radius 1 is 1.00 bits per heavy atom. The third kappa shape index (κ3) is 4.02. The van der Waals surface area contributed by atoms with Crippen LogP contribution in [0, 0.1) is 6.92 Å². The van der Waals surface area contributed by atoms with Gasteiger partial charge in [-0.1, -0.05) is 29.8 Å². The van der Waals surface area contributed by atoms with E-state index in [4.69, 9.17) is 0 Å². The number of urea groups is 1. The summed E-state index contributed by atoms with van der Waals surface area (Å²) >= 11 is 0. The average Bonchev–Trinajstić information content (AvgIpc) is 3.14. The van der Waals surface area contributed by atoms with Gasteiger partial charge in [0.2, 0.25) is 0 Å². The topological polar surface area (TPSA) is 55.9 Å². The van der Waals surface area contributed by atoms with Gasteiger partial charge in [0, 0.05) is 57.1 Å². The zero-order valence-corrected chi connectivity index (χ0v) is 16.2. The van der Waals surface area contributed by atoms with Crippen molar-refractivity contribution < 1.29 is 9.59 Å². The molecule has 0 radical (unpaired) electrons. The summed E-state index contributed by atoms with van der Waals surface area (Å²) in [6.07, 6.45) is 0. The van der Waals surface area contributed by atoms with Gasteiger partial charge in [-0.05, 0) is 36.8 Å². The number of nitrogens with one attached hydrogen (secondary N) is 1. The van der Waals surface area contributed by atoms with Crippen LogP contribution in [-0.2, 0) is 6.54 Å². The molecule has 1 N–H and O–H groups in total. The fourth-order valence-electron chi connectivity index (χ4n) is 3.86. The summed E-state index contributed by atoms with van der Waals surface area (Å²) in [6, 6.07) is 15.9. The molecule has 0 spiro atoms. The molecule has 0 unspecified atom stereocenters. The number of nitrogens with zero attached hydrogens (tertiary/aromatic N) is 3. The second kappa shape index (κ2) is 8.02. The van der Waals surface area contributed by atoms with Crippen molar-refractivity contribution in [3.63, 3.8) is 0 Å². The van der Waals surface area contributed by atoms with Crippen LogP contribution >= 0.6 is 0 Å². The van der Waals surface area contributed by atoms with E-state index in [2.05, 4.69) is 41.4 Å². The first-order valence-corrected chi connectivity index (χ1v) is 9.83. The molecule has 2 aromatic carbocycles. The summed E-state index contributed by atoms with van der Waals surface area (Å²) in [5, 5.41) is 2.79. The molecule has 6 nitrogen and oxygen atoms in total. The van der Waals surface area contributed by atoms with Crippen molar-refractivity contribution in [2.45, 2.75) is 13.5 Å². The zero-order valence-electron chi connectivity index (χ0n) is 16.2. The number of benzene rings is 2. The molecule has 2 aliphatic rings. The normalized spacial score (nSPS) is 17.7. The highest BCUT2D eigenvalue weighted by Crippen LogP contribution is 2.19. The SMILES string of the molecule is Cc1cccc(CN2CCN(C(=O)c3ccc(N4CCNC4=O)cc3)CC2)c1. The monoisotopic (exact) mass is 378 g/mol. The third-order valence-electron chi connectivity index (χ3n) is 5.43. The Labute approximate surface area is 165 Å². The molecule has 0 bridgehead atoms. The second-order valence-corrected chi connectivity index (χ2v) is 7.49. The van der Waals surface area contributed by atoms with Crippen molar-refractivity contribution in [2.24, 2.45) is 0 Å². The quantitative estimate of drug-likeness (QED) is 0.889. The van der Waals surface area contributed by atoms with Crippen LogP contribution in [0.25, 0.3) is 0 Å². The van der Waals surface area contributed by atoms with Crippen LogP contribution in [0.1, 0.15) is 21.5 Å². The maximum Gasteiger partial charge on any atom is 0.321 e.